The molecule has 0 atom stereocenters. The summed E-state index contributed by atoms with van der Waals surface area (Å²) in [7, 11) is 0. The first-order valence-electron chi connectivity index (χ1n) is 5.92. The summed E-state index contributed by atoms with van der Waals surface area (Å²) < 4.78 is 10.3. The zero-order valence-electron chi connectivity index (χ0n) is 10.9. The Kier molecular flexibility index (Phi) is 5.89. The Labute approximate surface area is 112 Å². The van der Waals surface area contributed by atoms with Crippen LogP contribution in [-0.4, -0.2) is 36.0 Å². The van der Waals surface area contributed by atoms with Gasteiger partial charge >= 0.3 is 5.97 Å². The summed E-state index contributed by atoms with van der Waals surface area (Å²) in [6, 6.07) is 4.65. The van der Waals surface area contributed by atoms with Crippen molar-refractivity contribution in [2.45, 2.75) is 13.3 Å². The van der Waals surface area contributed by atoms with Crippen molar-refractivity contribution in [3.8, 4) is 11.5 Å². The third-order valence-electron chi connectivity index (χ3n) is 2.35. The number of aliphatic hydroxyl groups excluding tert-OH is 1. The number of carbonyl (C=O) groups excluding carboxylic acids is 1. The summed E-state index contributed by atoms with van der Waals surface area (Å²) >= 11 is 0. The Morgan fingerprint density at radius 3 is 2.74 bits per heavy atom. The lowest BCUT2D eigenvalue weighted by Gasteiger charge is -2.11. The predicted molar refractivity (Wildman–Crippen MR) is 70.2 cm³/mol. The van der Waals surface area contributed by atoms with Crippen LogP contribution in [0.2, 0.25) is 0 Å². The summed E-state index contributed by atoms with van der Waals surface area (Å²) in [5.41, 5.74) is 1.05. The van der Waals surface area contributed by atoms with E-state index in [0.717, 1.165) is 0 Å². The summed E-state index contributed by atoms with van der Waals surface area (Å²) in [4.78, 5) is 11.2. The first-order chi connectivity index (χ1) is 9.04. The molecule has 5 nitrogen and oxygen atoms in total. The van der Waals surface area contributed by atoms with E-state index in [-0.39, 0.29) is 25.6 Å². The minimum atomic E-state index is -0.446. The number of phenolic OH excluding ortho intramolecular Hbond substituents is 1. The van der Waals surface area contributed by atoms with Gasteiger partial charge in [-0.15, -0.1) is 0 Å². The van der Waals surface area contributed by atoms with Crippen molar-refractivity contribution >= 4 is 5.97 Å². The quantitative estimate of drug-likeness (QED) is 0.576. The summed E-state index contributed by atoms with van der Waals surface area (Å²) in [6.07, 6.45) is 0.411. The number of phenols is 1. The van der Waals surface area contributed by atoms with Gasteiger partial charge in [-0.3, -0.25) is 0 Å². The van der Waals surface area contributed by atoms with Gasteiger partial charge in [-0.1, -0.05) is 6.58 Å². The van der Waals surface area contributed by atoms with E-state index in [1.54, 1.807) is 19.1 Å². The highest BCUT2D eigenvalue weighted by Gasteiger charge is 2.08. The summed E-state index contributed by atoms with van der Waals surface area (Å²) in [5.74, 6) is 0.216. The maximum atomic E-state index is 11.2. The fraction of sp³-hybridized carbons (Fsp3) is 0.357. The Balaban J connectivity index is 2.62. The van der Waals surface area contributed by atoms with Crippen LogP contribution in [0.15, 0.2) is 30.4 Å². The number of aromatic hydroxyl groups is 1. The maximum Gasteiger partial charge on any atom is 0.333 e. The van der Waals surface area contributed by atoms with E-state index in [1.165, 1.54) is 6.07 Å². The zero-order valence-corrected chi connectivity index (χ0v) is 10.9. The number of esters is 1. The monoisotopic (exact) mass is 266 g/mol. The molecule has 0 fully saturated rings. The molecule has 19 heavy (non-hydrogen) atoms. The van der Waals surface area contributed by atoms with Crippen molar-refractivity contribution < 1.29 is 24.5 Å². The molecule has 0 bridgehead atoms. The van der Waals surface area contributed by atoms with E-state index in [1.807, 2.05) is 0 Å². The molecule has 1 aromatic carbocycles. The van der Waals surface area contributed by atoms with Crippen LogP contribution >= 0.6 is 0 Å². The molecule has 0 unspecified atom stereocenters. The number of ether oxygens (including phenoxy) is 2. The van der Waals surface area contributed by atoms with Crippen LogP contribution in [0.1, 0.15) is 12.5 Å². The molecule has 104 valence electrons. The molecule has 5 heteroatoms. The second-order valence-corrected chi connectivity index (χ2v) is 4.03. The molecule has 0 saturated heterocycles. The molecule has 1 rings (SSSR count). The predicted octanol–water partition coefficient (Wildman–Crippen LogP) is 1.43. The van der Waals surface area contributed by atoms with Gasteiger partial charge in [0.1, 0.15) is 18.1 Å². The SMILES string of the molecule is C=C(C)C(=O)OCCc1cc(O)ccc1OCCO. The van der Waals surface area contributed by atoms with Crippen molar-refractivity contribution in [3.05, 3.63) is 35.9 Å². The van der Waals surface area contributed by atoms with Crippen molar-refractivity contribution in [1.29, 1.82) is 0 Å². The Morgan fingerprint density at radius 2 is 2.11 bits per heavy atom. The van der Waals surface area contributed by atoms with Gasteiger partial charge in [0.2, 0.25) is 0 Å². The van der Waals surface area contributed by atoms with Crippen LogP contribution < -0.4 is 4.74 Å². The number of rotatable bonds is 7. The van der Waals surface area contributed by atoms with E-state index < -0.39 is 5.97 Å². The van der Waals surface area contributed by atoms with Crippen LogP contribution in [-0.2, 0) is 16.0 Å². The molecule has 0 aromatic heterocycles. The number of hydrogen-bond donors (Lipinski definition) is 2. The van der Waals surface area contributed by atoms with Crippen LogP contribution in [0.4, 0.5) is 0 Å². The van der Waals surface area contributed by atoms with E-state index in [9.17, 15) is 9.90 Å². The molecule has 1 aromatic rings. The average molecular weight is 266 g/mol. The number of hydrogen-bond acceptors (Lipinski definition) is 5. The lowest BCUT2D eigenvalue weighted by atomic mass is 10.1. The number of benzene rings is 1. The van der Waals surface area contributed by atoms with Crippen molar-refractivity contribution in [2.24, 2.45) is 0 Å². The molecule has 0 saturated carbocycles. The van der Waals surface area contributed by atoms with Gasteiger partial charge in [0.15, 0.2) is 0 Å². The van der Waals surface area contributed by atoms with Crippen molar-refractivity contribution in [3.63, 3.8) is 0 Å². The zero-order chi connectivity index (χ0) is 14.3. The topological polar surface area (TPSA) is 76.0 Å². The summed E-state index contributed by atoms with van der Waals surface area (Å²) in [6.45, 7) is 5.31. The molecular formula is C14H18O5. The first kappa shape index (κ1) is 15.0. The lowest BCUT2D eigenvalue weighted by molar-refractivity contribution is -0.138. The standard InChI is InChI=1S/C14H18O5/c1-10(2)14(17)19-7-5-11-9-12(16)3-4-13(11)18-8-6-15/h3-4,9,15-16H,1,5-8H2,2H3. The number of carbonyl (C=O) groups is 1. The highest BCUT2D eigenvalue weighted by atomic mass is 16.5. The van der Waals surface area contributed by atoms with Crippen LogP contribution in [0.25, 0.3) is 0 Å². The third-order valence-corrected chi connectivity index (χ3v) is 2.35. The third kappa shape index (κ3) is 5.01. The lowest BCUT2D eigenvalue weighted by Crippen LogP contribution is -2.09. The second kappa shape index (κ2) is 7.43. The van der Waals surface area contributed by atoms with Gasteiger partial charge in [0.25, 0.3) is 0 Å². The second-order valence-electron chi connectivity index (χ2n) is 4.03. The van der Waals surface area contributed by atoms with Gasteiger partial charge in [-0.2, -0.15) is 0 Å². The molecular weight excluding hydrogens is 248 g/mol. The van der Waals surface area contributed by atoms with Crippen molar-refractivity contribution in [1.82, 2.24) is 0 Å². The highest BCUT2D eigenvalue weighted by Crippen LogP contribution is 2.24. The molecule has 0 aliphatic rings. The largest absolute Gasteiger partial charge is 0.508 e. The minimum Gasteiger partial charge on any atom is -0.508 e. The van der Waals surface area contributed by atoms with E-state index >= 15 is 0 Å². The van der Waals surface area contributed by atoms with E-state index in [2.05, 4.69) is 6.58 Å². The van der Waals surface area contributed by atoms with Crippen LogP contribution in [0.5, 0.6) is 11.5 Å². The molecule has 0 aliphatic carbocycles. The Hall–Kier alpha value is -2.01. The smallest absolute Gasteiger partial charge is 0.333 e. The molecule has 0 spiro atoms. The fourth-order valence-corrected chi connectivity index (χ4v) is 1.43. The van der Waals surface area contributed by atoms with Gasteiger partial charge in [0.05, 0.1) is 13.2 Å². The van der Waals surface area contributed by atoms with Gasteiger partial charge in [-0.05, 0) is 25.1 Å². The maximum absolute atomic E-state index is 11.2. The van der Waals surface area contributed by atoms with E-state index in [0.29, 0.717) is 23.3 Å². The molecule has 0 heterocycles. The Morgan fingerprint density at radius 1 is 1.37 bits per heavy atom. The molecule has 2 N–H and O–H groups in total. The molecule has 0 radical (unpaired) electrons. The van der Waals surface area contributed by atoms with Crippen molar-refractivity contribution in [2.75, 3.05) is 19.8 Å². The van der Waals surface area contributed by atoms with Gasteiger partial charge in [-0.25, -0.2) is 4.79 Å². The van der Waals surface area contributed by atoms with Gasteiger partial charge < -0.3 is 19.7 Å². The number of aliphatic hydroxyl groups is 1. The Bertz CT molecular complexity index is 453. The fourth-order valence-electron chi connectivity index (χ4n) is 1.43. The van der Waals surface area contributed by atoms with Crippen LogP contribution in [0, 0.1) is 0 Å². The highest BCUT2D eigenvalue weighted by molar-refractivity contribution is 5.86. The summed E-state index contributed by atoms with van der Waals surface area (Å²) in [5, 5.41) is 18.2. The normalized spacial score (nSPS) is 10.0. The van der Waals surface area contributed by atoms with Gasteiger partial charge in [0, 0.05) is 17.6 Å². The molecule has 0 amide bonds. The minimum absolute atomic E-state index is 0.0923. The average Bonchev–Trinajstić information content (AvgIpc) is 2.37. The van der Waals surface area contributed by atoms with Crippen LogP contribution in [0.3, 0.4) is 0 Å². The molecule has 0 aliphatic heterocycles. The van der Waals surface area contributed by atoms with E-state index in [4.69, 9.17) is 14.6 Å². The first-order valence-corrected chi connectivity index (χ1v) is 5.92.